The zero-order valence-corrected chi connectivity index (χ0v) is 19.0. The topological polar surface area (TPSA) is 65.4 Å². The summed E-state index contributed by atoms with van der Waals surface area (Å²) in [6.07, 6.45) is 0. The normalized spacial score (nSPS) is 12.2. The van der Waals surface area contributed by atoms with Crippen molar-refractivity contribution < 1.29 is 14.3 Å². The average molecular weight is 428 g/mol. The molecule has 30 heavy (non-hydrogen) atoms. The van der Waals surface area contributed by atoms with Gasteiger partial charge in [0.1, 0.15) is 11.5 Å². The van der Waals surface area contributed by atoms with Crippen LogP contribution in [0, 0.1) is 5.92 Å². The summed E-state index contributed by atoms with van der Waals surface area (Å²) in [6.45, 7) is 7.16. The smallest absolute Gasteiger partial charge is 0.230 e. The number of nitrogens with zero attached hydrogens (tertiary/aromatic N) is 2. The van der Waals surface area contributed by atoms with Crippen LogP contribution in [0.1, 0.15) is 32.4 Å². The van der Waals surface area contributed by atoms with Crippen molar-refractivity contribution in [1.29, 1.82) is 0 Å². The molecule has 6 nitrogen and oxygen atoms in total. The Bertz CT molecular complexity index is 1020. The molecular weight excluding hydrogens is 398 g/mol. The summed E-state index contributed by atoms with van der Waals surface area (Å²) in [7, 11) is 3.24. The van der Waals surface area contributed by atoms with Gasteiger partial charge in [0.05, 0.1) is 37.0 Å². The largest absolute Gasteiger partial charge is 0.497 e. The third-order valence-corrected chi connectivity index (χ3v) is 5.76. The molecule has 160 valence electrons. The number of benzene rings is 2. The van der Waals surface area contributed by atoms with E-state index in [9.17, 15) is 4.79 Å². The second-order valence-electron chi connectivity index (χ2n) is 7.57. The molecule has 0 aliphatic carbocycles. The van der Waals surface area contributed by atoms with Crippen LogP contribution in [0.15, 0.2) is 47.6 Å². The molecule has 2 aromatic carbocycles. The minimum Gasteiger partial charge on any atom is -0.497 e. The summed E-state index contributed by atoms with van der Waals surface area (Å²) in [5.41, 5.74) is 2.93. The first kappa shape index (κ1) is 22.0. The Kier molecular flexibility index (Phi) is 7.26. The molecule has 0 saturated carbocycles. The summed E-state index contributed by atoms with van der Waals surface area (Å²) >= 11 is 1.46. The number of carbonyl (C=O) groups is 1. The van der Waals surface area contributed by atoms with Crippen LogP contribution in [0.2, 0.25) is 0 Å². The van der Waals surface area contributed by atoms with E-state index in [0.717, 1.165) is 39.8 Å². The van der Waals surface area contributed by atoms with Crippen LogP contribution in [-0.2, 0) is 11.3 Å². The Hall–Kier alpha value is -2.67. The van der Waals surface area contributed by atoms with Crippen molar-refractivity contribution in [2.24, 2.45) is 5.92 Å². The zero-order chi connectivity index (χ0) is 21.7. The molecule has 1 aromatic heterocycles. The van der Waals surface area contributed by atoms with Gasteiger partial charge in [0, 0.05) is 12.1 Å². The Morgan fingerprint density at radius 3 is 2.60 bits per heavy atom. The predicted octanol–water partition coefficient (Wildman–Crippen LogP) is 4.68. The summed E-state index contributed by atoms with van der Waals surface area (Å²) < 4.78 is 12.9. The molecule has 1 atom stereocenters. The fourth-order valence-corrected chi connectivity index (χ4v) is 4.21. The Morgan fingerprint density at radius 1 is 1.13 bits per heavy atom. The van der Waals surface area contributed by atoms with Crippen molar-refractivity contribution in [3.63, 3.8) is 0 Å². The van der Waals surface area contributed by atoms with Crippen molar-refractivity contribution in [2.75, 3.05) is 20.0 Å². The van der Waals surface area contributed by atoms with E-state index in [-0.39, 0.29) is 17.7 Å². The highest BCUT2D eigenvalue weighted by atomic mass is 32.2. The highest BCUT2D eigenvalue weighted by Gasteiger charge is 2.17. The van der Waals surface area contributed by atoms with Gasteiger partial charge in [-0.25, -0.2) is 4.98 Å². The molecule has 1 amide bonds. The summed E-state index contributed by atoms with van der Waals surface area (Å²) in [5, 5.41) is 3.92. The maximum absolute atomic E-state index is 12.7. The van der Waals surface area contributed by atoms with Crippen molar-refractivity contribution in [1.82, 2.24) is 14.9 Å². The third kappa shape index (κ3) is 5.08. The number of hydrogen-bond donors (Lipinski definition) is 1. The zero-order valence-electron chi connectivity index (χ0n) is 18.1. The first-order valence-corrected chi connectivity index (χ1v) is 11.0. The van der Waals surface area contributed by atoms with Gasteiger partial charge in [-0.15, -0.1) is 0 Å². The van der Waals surface area contributed by atoms with Gasteiger partial charge in [0.15, 0.2) is 5.16 Å². The Morgan fingerprint density at radius 2 is 1.90 bits per heavy atom. The number of para-hydroxylation sites is 2. The number of rotatable bonds is 9. The fraction of sp³-hybridized carbons (Fsp3) is 0.391. The lowest BCUT2D eigenvalue weighted by Crippen LogP contribution is -2.28. The second kappa shape index (κ2) is 9.89. The third-order valence-electron chi connectivity index (χ3n) is 4.78. The molecule has 1 unspecified atom stereocenters. The minimum atomic E-state index is -0.211. The number of nitrogens with one attached hydrogen (secondary N) is 1. The lowest BCUT2D eigenvalue weighted by atomic mass is 10.1. The molecule has 1 heterocycles. The lowest BCUT2D eigenvalue weighted by molar-refractivity contribution is -0.119. The SMILES string of the molecule is COc1ccc(OC)c(C(C)NC(=O)CSc2nc3ccccc3n2CC(C)C)c1. The first-order chi connectivity index (χ1) is 14.4. The molecule has 0 aliphatic rings. The lowest BCUT2D eigenvalue weighted by Gasteiger charge is -2.18. The molecule has 0 saturated heterocycles. The average Bonchev–Trinajstić information content (AvgIpc) is 3.08. The number of fused-ring (bicyclic) bond motifs is 1. The molecule has 1 N–H and O–H groups in total. The molecule has 0 spiro atoms. The molecule has 7 heteroatoms. The number of imidazole rings is 1. The quantitative estimate of drug-likeness (QED) is 0.502. The van der Waals surface area contributed by atoms with Gasteiger partial charge in [-0.05, 0) is 43.2 Å². The van der Waals surface area contributed by atoms with Gasteiger partial charge in [0.2, 0.25) is 5.91 Å². The highest BCUT2D eigenvalue weighted by molar-refractivity contribution is 7.99. The van der Waals surface area contributed by atoms with Crippen molar-refractivity contribution in [2.45, 2.75) is 38.5 Å². The second-order valence-corrected chi connectivity index (χ2v) is 8.52. The van der Waals surface area contributed by atoms with E-state index < -0.39 is 0 Å². The monoisotopic (exact) mass is 427 g/mol. The predicted molar refractivity (Wildman–Crippen MR) is 121 cm³/mol. The van der Waals surface area contributed by atoms with Crippen molar-refractivity contribution in [3.8, 4) is 11.5 Å². The molecular formula is C23H29N3O3S. The molecule has 3 aromatic rings. The van der Waals surface area contributed by atoms with E-state index in [2.05, 4.69) is 29.8 Å². The maximum Gasteiger partial charge on any atom is 0.230 e. The maximum atomic E-state index is 12.7. The van der Waals surface area contributed by atoms with E-state index in [1.54, 1.807) is 14.2 Å². The summed E-state index contributed by atoms with van der Waals surface area (Å²) in [5.74, 6) is 2.16. The van der Waals surface area contributed by atoms with Gasteiger partial charge in [0.25, 0.3) is 0 Å². The van der Waals surface area contributed by atoms with Gasteiger partial charge in [-0.3, -0.25) is 4.79 Å². The molecule has 0 fully saturated rings. The van der Waals surface area contributed by atoms with E-state index >= 15 is 0 Å². The molecule has 0 bridgehead atoms. The van der Waals surface area contributed by atoms with Gasteiger partial charge in [-0.1, -0.05) is 37.7 Å². The van der Waals surface area contributed by atoms with Crippen LogP contribution < -0.4 is 14.8 Å². The van der Waals surface area contributed by atoms with Crippen molar-refractivity contribution >= 4 is 28.7 Å². The highest BCUT2D eigenvalue weighted by Crippen LogP contribution is 2.30. The van der Waals surface area contributed by atoms with E-state index in [4.69, 9.17) is 14.5 Å². The standard InChI is InChI=1S/C23H29N3O3S/c1-15(2)13-26-20-9-7-6-8-19(20)25-23(26)30-14-22(27)24-16(3)18-12-17(28-4)10-11-21(18)29-5/h6-12,15-16H,13-14H2,1-5H3,(H,24,27). The number of hydrogen-bond acceptors (Lipinski definition) is 5. The fourth-order valence-electron chi connectivity index (χ4n) is 3.37. The van der Waals surface area contributed by atoms with Crippen molar-refractivity contribution in [3.05, 3.63) is 48.0 Å². The first-order valence-electron chi connectivity index (χ1n) is 10.0. The number of thioether (sulfide) groups is 1. The number of methoxy groups -OCH3 is 2. The number of ether oxygens (including phenoxy) is 2. The molecule has 0 aliphatic heterocycles. The Labute approximate surface area is 182 Å². The van der Waals surface area contributed by atoms with Crippen LogP contribution in [0.25, 0.3) is 11.0 Å². The summed E-state index contributed by atoms with van der Waals surface area (Å²) in [4.78, 5) is 17.4. The van der Waals surface area contributed by atoms with Crippen LogP contribution in [0.4, 0.5) is 0 Å². The summed E-state index contributed by atoms with van der Waals surface area (Å²) in [6, 6.07) is 13.5. The van der Waals surface area contributed by atoms with Crippen LogP contribution in [-0.4, -0.2) is 35.4 Å². The van der Waals surface area contributed by atoms with Crippen LogP contribution >= 0.6 is 11.8 Å². The molecule has 3 rings (SSSR count). The number of aromatic nitrogens is 2. The van der Waals surface area contributed by atoms with Gasteiger partial charge >= 0.3 is 0 Å². The van der Waals surface area contributed by atoms with E-state index in [1.165, 1.54) is 11.8 Å². The molecule has 0 radical (unpaired) electrons. The van der Waals surface area contributed by atoms with E-state index in [1.807, 2.05) is 43.3 Å². The van der Waals surface area contributed by atoms with E-state index in [0.29, 0.717) is 5.92 Å². The number of carbonyl (C=O) groups excluding carboxylic acids is 1. The van der Waals surface area contributed by atoms with Crippen LogP contribution in [0.3, 0.4) is 0 Å². The van der Waals surface area contributed by atoms with Crippen LogP contribution in [0.5, 0.6) is 11.5 Å². The number of amides is 1. The Balaban J connectivity index is 1.71. The van der Waals surface area contributed by atoms with Gasteiger partial charge < -0.3 is 19.4 Å². The van der Waals surface area contributed by atoms with Gasteiger partial charge in [-0.2, -0.15) is 0 Å². The minimum absolute atomic E-state index is 0.0551.